The topological polar surface area (TPSA) is 75.0 Å². The molecule has 0 aliphatic heterocycles. The molecule has 6 heteroatoms. The van der Waals surface area contributed by atoms with Crippen molar-refractivity contribution >= 4 is 18.0 Å². The summed E-state index contributed by atoms with van der Waals surface area (Å²) in [6.07, 6.45) is 2.92. The van der Waals surface area contributed by atoms with Gasteiger partial charge in [0.15, 0.2) is 0 Å². The number of hydrogen-bond acceptors (Lipinski definition) is 6. The zero-order valence-electron chi connectivity index (χ0n) is 12.8. The van der Waals surface area contributed by atoms with Crippen molar-refractivity contribution in [3.05, 3.63) is 59.6 Å². The van der Waals surface area contributed by atoms with E-state index in [0.29, 0.717) is 11.5 Å². The molecule has 0 aliphatic rings. The van der Waals surface area contributed by atoms with Crippen LogP contribution in [0, 0.1) is 0 Å². The van der Waals surface area contributed by atoms with Crippen LogP contribution < -0.4 is 4.74 Å². The molecule has 6 nitrogen and oxygen atoms in total. The molecule has 0 N–H and O–H groups in total. The minimum atomic E-state index is -0.583. The first-order valence-corrected chi connectivity index (χ1v) is 6.78. The zero-order chi connectivity index (χ0) is 16.7. The van der Waals surface area contributed by atoms with E-state index in [1.165, 1.54) is 19.3 Å². The highest BCUT2D eigenvalue weighted by molar-refractivity contribution is 5.87. The first-order chi connectivity index (χ1) is 11.1. The summed E-state index contributed by atoms with van der Waals surface area (Å²) in [5, 5.41) is 0. The highest BCUT2D eigenvalue weighted by Gasteiger charge is 2.11. The number of hydrogen-bond donors (Lipinski definition) is 0. The number of methoxy groups -OCH3 is 2. The van der Waals surface area contributed by atoms with Crippen LogP contribution in [0.2, 0.25) is 0 Å². The van der Waals surface area contributed by atoms with E-state index in [9.17, 15) is 9.59 Å². The lowest BCUT2D eigenvalue weighted by atomic mass is 10.2. The Hall–Kier alpha value is -3.02. The summed E-state index contributed by atoms with van der Waals surface area (Å²) >= 11 is 0. The number of benzene rings is 1. The highest BCUT2D eigenvalue weighted by Crippen LogP contribution is 2.14. The van der Waals surface area contributed by atoms with Gasteiger partial charge in [-0.15, -0.1) is 0 Å². The normalized spacial score (nSPS) is 10.5. The van der Waals surface area contributed by atoms with Crippen LogP contribution in [-0.4, -0.2) is 26.2 Å². The molecule has 1 aromatic carbocycles. The summed E-state index contributed by atoms with van der Waals surface area (Å²) in [6, 6.07) is 10.3. The van der Waals surface area contributed by atoms with Crippen LogP contribution in [0.4, 0.5) is 0 Å². The maximum absolute atomic E-state index is 11.7. The van der Waals surface area contributed by atoms with E-state index in [0.717, 1.165) is 5.56 Å². The number of esters is 2. The molecule has 0 unspecified atom stereocenters. The van der Waals surface area contributed by atoms with E-state index in [2.05, 4.69) is 4.74 Å². The molecule has 1 heterocycles. The second kappa shape index (κ2) is 7.84. The Bertz CT molecular complexity index is 713. The van der Waals surface area contributed by atoms with Crippen LogP contribution in [0.1, 0.15) is 21.9 Å². The van der Waals surface area contributed by atoms with Crippen molar-refractivity contribution in [3.8, 4) is 5.75 Å². The van der Waals surface area contributed by atoms with Crippen molar-refractivity contribution in [3.63, 3.8) is 0 Å². The van der Waals surface area contributed by atoms with Crippen LogP contribution in [0.15, 0.2) is 46.9 Å². The van der Waals surface area contributed by atoms with E-state index in [-0.39, 0.29) is 12.4 Å². The second-order valence-corrected chi connectivity index (χ2v) is 4.48. The Kier molecular flexibility index (Phi) is 5.57. The average molecular weight is 316 g/mol. The summed E-state index contributed by atoms with van der Waals surface area (Å²) in [5.41, 5.74) is 0.812. The summed E-state index contributed by atoms with van der Waals surface area (Å²) < 4.78 is 19.8. The molecule has 0 fully saturated rings. The van der Waals surface area contributed by atoms with E-state index >= 15 is 0 Å². The maximum atomic E-state index is 11.7. The Morgan fingerprint density at radius 1 is 1.17 bits per heavy atom. The molecule has 23 heavy (non-hydrogen) atoms. The van der Waals surface area contributed by atoms with E-state index in [4.69, 9.17) is 13.9 Å². The first kappa shape index (κ1) is 16.4. The molecule has 0 bridgehead atoms. The predicted molar refractivity (Wildman–Crippen MR) is 81.9 cm³/mol. The van der Waals surface area contributed by atoms with E-state index < -0.39 is 11.9 Å². The van der Waals surface area contributed by atoms with Crippen molar-refractivity contribution in [1.82, 2.24) is 0 Å². The molecule has 120 valence electrons. The third-order valence-corrected chi connectivity index (χ3v) is 2.91. The molecule has 0 saturated carbocycles. The van der Waals surface area contributed by atoms with Gasteiger partial charge in [0, 0.05) is 6.08 Å². The first-order valence-electron chi connectivity index (χ1n) is 6.78. The average Bonchev–Trinajstić information content (AvgIpc) is 3.06. The number of ether oxygens (including phenoxy) is 3. The van der Waals surface area contributed by atoms with Gasteiger partial charge in [-0.3, -0.25) is 0 Å². The van der Waals surface area contributed by atoms with Gasteiger partial charge in [-0.05, 0) is 35.9 Å². The van der Waals surface area contributed by atoms with Gasteiger partial charge in [-0.25, -0.2) is 9.59 Å². The van der Waals surface area contributed by atoms with Gasteiger partial charge < -0.3 is 18.6 Å². The zero-order valence-corrected chi connectivity index (χ0v) is 12.8. The fourth-order valence-electron chi connectivity index (χ4n) is 1.77. The molecule has 0 saturated heterocycles. The molecule has 0 aliphatic carbocycles. The molecular weight excluding hydrogens is 300 g/mol. The van der Waals surface area contributed by atoms with Gasteiger partial charge in [0.05, 0.1) is 14.2 Å². The van der Waals surface area contributed by atoms with Crippen LogP contribution in [0.5, 0.6) is 5.75 Å². The van der Waals surface area contributed by atoms with Crippen molar-refractivity contribution in [2.75, 3.05) is 14.2 Å². The highest BCUT2D eigenvalue weighted by atomic mass is 16.5. The quantitative estimate of drug-likeness (QED) is 0.602. The van der Waals surface area contributed by atoms with Gasteiger partial charge in [-0.2, -0.15) is 0 Å². The van der Waals surface area contributed by atoms with Crippen molar-refractivity contribution in [2.45, 2.75) is 6.61 Å². The summed E-state index contributed by atoms with van der Waals surface area (Å²) in [4.78, 5) is 22.9. The van der Waals surface area contributed by atoms with Gasteiger partial charge in [0.25, 0.3) is 0 Å². The van der Waals surface area contributed by atoms with Crippen molar-refractivity contribution in [1.29, 1.82) is 0 Å². The van der Waals surface area contributed by atoms with Gasteiger partial charge in [0.1, 0.15) is 18.1 Å². The van der Waals surface area contributed by atoms with Gasteiger partial charge in [-0.1, -0.05) is 12.1 Å². The lowest BCUT2D eigenvalue weighted by Gasteiger charge is -2.01. The lowest BCUT2D eigenvalue weighted by molar-refractivity contribution is -0.139. The van der Waals surface area contributed by atoms with Crippen LogP contribution in [-0.2, 0) is 20.9 Å². The Morgan fingerprint density at radius 2 is 2.00 bits per heavy atom. The number of furan rings is 1. The van der Waals surface area contributed by atoms with E-state index in [1.54, 1.807) is 25.3 Å². The summed E-state index contributed by atoms with van der Waals surface area (Å²) in [6.45, 7) is -0.0712. The smallest absolute Gasteiger partial charge is 0.373 e. The van der Waals surface area contributed by atoms with Gasteiger partial charge >= 0.3 is 11.9 Å². The Morgan fingerprint density at radius 3 is 2.74 bits per heavy atom. The summed E-state index contributed by atoms with van der Waals surface area (Å²) in [7, 11) is 2.83. The van der Waals surface area contributed by atoms with Crippen molar-refractivity contribution < 1.29 is 28.2 Å². The lowest BCUT2D eigenvalue weighted by Crippen LogP contribution is -2.01. The SMILES string of the molecule is COC(=O)c1ccc(COC(=O)/C=C/c2cccc(OC)c2)o1. The third-order valence-electron chi connectivity index (χ3n) is 2.91. The minimum Gasteiger partial charge on any atom is -0.497 e. The standard InChI is InChI=1S/C17H16O6/c1-20-13-5-3-4-12(10-13)6-9-16(18)22-11-14-7-8-15(23-14)17(19)21-2/h3-10H,11H2,1-2H3/b9-6+. The maximum Gasteiger partial charge on any atom is 0.373 e. The molecule has 2 aromatic rings. The molecule has 0 atom stereocenters. The Balaban J connectivity index is 1.88. The van der Waals surface area contributed by atoms with Gasteiger partial charge in [0.2, 0.25) is 5.76 Å². The number of carbonyl (C=O) groups excluding carboxylic acids is 2. The monoisotopic (exact) mass is 316 g/mol. The second-order valence-electron chi connectivity index (χ2n) is 4.48. The van der Waals surface area contributed by atoms with Crippen LogP contribution in [0.25, 0.3) is 6.08 Å². The fourth-order valence-corrected chi connectivity index (χ4v) is 1.77. The molecule has 0 amide bonds. The molecule has 0 spiro atoms. The molecule has 0 radical (unpaired) electrons. The minimum absolute atomic E-state index is 0.0606. The van der Waals surface area contributed by atoms with E-state index in [1.807, 2.05) is 18.2 Å². The van der Waals surface area contributed by atoms with Crippen molar-refractivity contribution in [2.24, 2.45) is 0 Å². The van der Waals surface area contributed by atoms with Crippen LogP contribution in [0.3, 0.4) is 0 Å². The molecule has 2 rings (SSSR count). The predicted octanol–water partition coefficient (Wildman–Crippen LogP) is 2.83. The number of rotatable bonds is 6. The molecule has 1 aromatic heterocycles. The Labute approximate surface area is 133 Å². The largest absolute Gasteiger partial charge is 0.497 e. The summed E-state index contributed by atoms with van der Waals surface area (Å²) in [5.74, 6) is 0.00906. The third kappa shape index (κ3) is 4.74. The molecular formula is C17H16O6. The number of carbonyl (C=O) groups is 2. The van der Waals surface area contributed by atoms with Crippen LogP contribution >= 0.6 is 0 Å². The fraction of sp³-hybridized carbons (Fsp3) is 0.176.